The number of benzene rings is 3. The lowest BCUT2D eigenvalue weighted by molar-refractivity contribution is -0.159. The van der Waals surface area contributed by atoms with Crippen LogP contribution >= 0.6 is 0 Å². The second-order valence-electron chi connectivity index (χ2n) is 9.30. The Morgan fingerprint density at radius 1 is 0.914 bits per heavy atom. The fourth-order valence-electron chi connectivity index (χ4n) is 3.59. The number of halogens is 4. The lowest BCUT2D eigenvalue weighted by Crippen LogP contribution is -2.53. The van der Waals surface area contributed by atoms with Crippen molar-refractivity contribution in [2.75, 3.05) is 0 Å². The van der Waals surface area contributed by atoms with E-state index in [9.17, 15) is 27.2 Å². The van der Waals surface area contributed by atoms with Crippen molar-refractivity contribution in [1.82, 2.24) is 4.72 Å². The molecule has 0 amide bonds. The highest BCUT2D eigenvalue weighted by Crippen LogP contribution is 2.39. The first kappa shape index (κ1) is 26.8. The standard InChI is InChI=1S/C26H27F4NO3S/c1-24(2,3)35(33)31-26(16-17-8-6-5-7-9-17,18-10-11-23(32)22(28)14-18)19-12-20(27)15-21(13-19)34-25(4,29)30/h5-15,31-32H,16H2,1-4H3/t26-,35?/m1/s1. The van der Waals surface area contributed by atoms with Crippen LogP contribution < -0.4 is 9.46 Å². The molecule has 0 spiro atoms. The molecule has 0 aliphatic rings. The molecule has 4 nitrogen and oxygen atoms in total. The summed E-state index contributed by atoms with van der Waals surface area (Å²) in [4.78, 5) is 0. The topological polar surface area (TPSA) is 64.5 Å². The SMILES string of the molecule is CC(F)(F)Oc1cc(F)cc([C@](Cc2ccccc2)(N[S+]([O-])C(C)(C)C)c2ccc(O)c(F)c2)c1. The van der Waals surface area contributed by atoms with Crippen LogP contribution in [0.4, 0.5) is 17.6 Å². The van der Waals surface area contributed by atoms with Crippen molar-refractivity contribution in [3.63, 3.8) is 0 Å². The molecule has 0 aromatic heterocycles. The van der Waals surface area contributed by atoms with Gasteiger partial charge in [-0.25, -0.2) is 8.78 Å². The molecule has 0 heterocycles. The van der Waals surface area contributed by atoms with Gasteiger partial charge in [0.15, 0.2) is 11.6 Å². The van der Waals surface area contributed by atoms with E-state index in [-0.39, 0.29) is 17.5 Å². The average molecular weight is 510 g/mol. The minimum Gasteiger partial charge on any atom is -0.598 e. The molecule has 3 aromatic carbocycles. The van der Waals surface area contributed by atoms with Gasteiger partial charge < -0.3 is 14.4 Å². The Bertz CT molecular complexity index is 1170. The van der Waals surface area contributed by atoms with E-state index < -0.39 is 50.9 Å². The molecule has 0 bridgehead atoms. The van der Waals surface area contributed by atoms with Gasteiger partial charge in [-0.1, -0.05) is 36.4 Å². The summed E-state index contributed by atoms with van der Waals surface area (Å²) in [6, 6.07) is 15.6. The van der Waals surface area contributed by atoms with Gasteiger partial charge in [0.1, 0.15) is 21.9 Å². The first-order chi connectivity index (χ1) is 16.2. The molecule has 0 radical (unpaired) electrons. The normalized spacial score (nSPS) is 14.9. The van der Waals surface area contributed by atoms with E-state index in [1.165, 1.54) is 12.1 Å². The molecular formula is C26H27F4NO3S. The third-order valence-electron chi connectivity index (χ3n) is 5.24. The number of nitrogens with one attached hydrogen (secondary N) is 1. The molecule has 188 valence electrons. The van der Waals surface area contributed by atoms with Crippen LogP contribution in [0, 0.1) is 11.6 Å². The monoisotopic (exact) mass is 509 g/mol. The predicted molar refractivity (Wildman–Crippen MR) is 128 cm³/mol. The van der Waals surface area contributed by atoms with Gasteiger partial charge in [-0.3, -0.25) is 0 Å². The Hall–Kier alpha value is -2.75. The summed E-state index contributed by atoms with van der Waals surface area (Å²) in [6.07, 6.45) is -3.54. The van der Waals surface area contributed by atoms with Gasteiger partial charge in [0.05, 0.1) is 0 Å². The maximum Gasteiger partial charge on any atom is 0.394 e. The Labute approximate surface area is 205 Å². The molecule has 0 fully saturated rings. The second kappa shape index (κ2) is 10.1. The summed E-state index contributed by atoms with van der Waals surface area (Å²) in [7, 11) is 0. The average Bonchev–Trinajstić information content (AvgIpc) is 2.73. The molecule has 0 saturated carbocycles. The number of phenols is 1. The third kappa shape index (κ3) is 6.68. The van der Waals surface area contributed by atoms with E-state index in [1.54, 1.807) is 51.1 Å². The number of aromatic hydroxyl groups is 1. The highest BCUT2D eigenvalue weighted by Gasteiger charge is 2.43. The van der Waals surface area contributed by atoms with Gasteiger partial charge in [0.25, 0.3) is 0 Å². The lowest BCUT2D eigenvalue weighted by atomic mass is 9.78. The Balaban J connectivity index is 2.33. The number of hydrogen-bond acceptors (Lipinski definition) is 4. The molecule has 0 aliphatic heterocycles. The third-order valence-corrected chi connectivity index (χ3v) is 6.88. The molecule has 2 atom stereocenters. The zero-order valence-corrected chi connectivity index (χ0v) is 20.6. The zero-order valence-electron chi connectivity index (χ0n) is 19.7. The van der Waals surface area contributed by atoms with Crippen molar-refractivity contribution >= 4 is 11.4 Å². The molecular weight excluding hydrogens is 482 g/mol. The van der Waals surface area contributed by atoms with E-state index in [1.807, 2.05) is 0 Å². The Morgan fingerprint density at radius 3 is 2.14 bits per heavy atom. The smallest absolute Gasteiger partial charge is 0.394 e. The largest absolute Gasteiger partial charge is 0.598 e. The maximum atomic E-state index is 14.8. The van der Waals surface area contributed by atoms with Crippen LogP contribution in [0.2, 0.25) is 0 Å². The molecule has 3 rings (SSSR count). The van der Waals surface area contributed by atoms with Gasteiger partial charge in [-0.05, 0) is 61.7 Å². The first-order valence-corrected chi connectivity index (χ1v) is 12.0. The summed E-state index contributed by atoms with van der Waals surface area (Å²) < 4.78 is 76.8. The summed E-state index contributed by atoms with van der Waals surface area (Å²) >= 11 is -1.77. The van der Waals surface area contributed by atoms with Crippen molar-refractivity contribution < 1.29 is 32.0 Å². The molecule has 0 saturated heterocycles. The fraction of sp³-hybridized carbons (Fsp3) is 0.308. The minimum atomic E-state index is -3.58. The van der Waals surface area contributed by atoms with Gasteiger partial charge in [0, 0.05) is 30.8 Å². The number of hydrogen-bond donors (Lipinski definition) is 2. The van der Waals surface area contributed by atoms with Gasteiger partial charge in [-0.15, -0.1) is 4.72 Å². The van der Waals surface area contributed by atoms with Crippen LogP contribution in [0.25, 0.3) is 0 Å². The summed E-state index contributed by atoms with van der Waals surface area (Å²) in [5.74, 6) is -2.88. The lowest BCUT2D eigenvalue weighted by Gasteiger charge is -2.39. The van der Waals surface area contributed by atoms with Crippen LogP contribution in [-0.4, -0.2) is 20.5 Å². The zero-order chi connectivity index (χ0) is 26.0. The summed E-state index contributed by atoms with van der Waals surface area (Å²) in [5.41, 5.74) is -0.554. The van der Waals surface area contributed by atoms with Crippen LogP contribution in [0.1, 0.15) is 44.4 Å². The summed E-state index contributed by atoms with van der Waals surface area (Å²) in [5, 5.41) is 9.78. The van der Waals surface area contributed by atoms with Crippen molar-refractivity contribution in [3.05, 3.63) is 95.1 Å². The van der Waals surface area contributed by atoms with Gasteiger partial charge in [0.2, 0.25) is 0 Å². The quantitative estimate of drug-likeness (QED) is 0.280. The highest BCUT2D eigenvalue weighted by molar-refractivity contribution is 7.90. The maximum absolute atomic E-state index is 14.8. The van der Waals surface area contributed by atoms with E-state index in [0.29, 0.717) is 12.5 Å². The molecule has 3 aromatic rings. The number of phenolic OH excluding ortho intramolecular Hbond substituents is 1. The number of alkyl halides is 2. The predicted octanol–water partition coefficient (Wildman–Crippen LogP) is 6.20. The first-order valence-electron chi connectivity index (χ1n) is 10.8. The van der Waals surface area contributed by atoms with E-state index in [2.05, 4.69) is 9.46 Å². The molecule has 35 heavy (non-hydrogen) atoms. The van der Waals surface area contributed by atoms with Crippen molar-refractivity contribution in [2.24, 2.45) is 0 Å². The Kier molecular flexibility index (Phi) is 7.74. The van der Waals surface area contributed by atoms with E-state index in [4.69, 9.17) is 0 Å². The van der Waals surface area contributed by atoms with Crippen molar-refractivity contribution in [1.29, 1.82) is 0 Å². The minimum absolute atomic E-state index is 0.0469. The van der Waals surface area contributed by atoms with Gasteiger partial charge in [-0.2, -0.15) is 8.78 Å². The number of ether oxygens (including phenoxy) is 1. The van der Waals surface area contributed by atoms with Crippen LogP contribution in [0.15, 0.2) is 66.7 Å². The van der Waals surface area contributed by atoms with Crippen LogP contribution in [0.5, 0.6) is 11.5 Å². The van der Waals surface area contributed by atoms with E-state index >= 15 is 0 Å². The second-order valence-corrected chi connectivity index (χ2v) is 11.3. The van der Waals surface area contributed by atoms with Crippen molar-refractivity contribution in [3.8, 4) is 11.5 Å². The van der Waals surface area contributed by atoms with Crippen LogP contribution in [-0.2, 0) is 23.3 Å². The summed E-state index contributed by atoms with van der Waals surface area (Å²) in [6.45, 7) is 5.69. The number of rotatable bonds is 8. The fourth-order valence-corrected chi connectivity index (χ4v) is 4.52. The van der Waals surface area contributed by atoms with E-state index in [0.717, 1.165) is 24.3 Å². The Morgan fingerprint density at radius 2 is 1.57 bits per heavy atom. The highest BCUT2D eigenvalue weighted by atomic mass is 32.2. The molecule has 9 heteroatoms. The van der Waals surface area contributed by atoms with Crippen LogP contribution in [0.3, 0.4) is 0 Å². The van der Waals surface area contributed by atoms with Gasteiger partial charge >= 0.3 is 6.11 Å². The molecule has 1 unspecified atom stereocenters. The van der Waals surface area contributed by atoms with Crippen molar-refractivity contribution in [2.45, 2.75) is 50.5 Å². The molecule has 0 aliphatic carbocycles. The molecule has 2 N–H and O–H groups in total.